The fraction of sp³-hybridized carbons (Fsp3) is 0.500. The van der Waals surface area contributed by atoms with Crippen molar-refractivity contribution in [1.82, 2.24) is 15.3 Å². The third-order valence-electron chi connectivity index (χ3n) is 2.98. The molecule has 0 aliphatic rings. The predicted octanol–water partition coefficient (Wildman–Crippen LogP) is 2.90. The van der Waals surface area contributed by atoms with Crippen LogP contribution in [0.15, 0.2) is 10.9 Å². The first-order valence-electron chi connectivity index (χ1n) is 6.72. The first kappa shape index (κ1) is 15.1. The van der Waals surface area contributed by atoms with Crippen LogP contribution in [0.2, 0.25) is 0 Å². The Hall–Kier alpha value is -1.27. The lowest BCUT2D eigenvalue weighted by Crippen LogP contribution is -2.24. The van der Waals surface area contributed by atoms with Crippen molar-refractivity contribution in [3.05, 3.63) is 32.2 Å². The fourth-order valence-electron chi connectivity index (χ4n) is 1.87. The summed E-state index contributed by atoms with van der Waals surface area (Å²) in [6.07, 6.45) is 3.21. The van der Waals surface area contributed by atoms with E-state index < -0.39 is 0 Å². The normalized spacial score (nSPS) is 10.7. The van der Waals surface area contributed by atoms with Crippen LogP contribution >= 0.6 is 22.7 Å². The molecule has 0 radical (unpaired) electrons. The highest BCUT2D eigenvalue weighted by Gasteiger charge is 2.06. The van der Waals surface area contributed by atoms with Crippen LogP contribution in [0.4, 0.5) is 0 Å². The molecule has 0 aliphatic carbocycles. The van der Waals surface area contributed by atoms with Gasteiger partial charge in [0.15, 0.2) is 0 Å². The number of amides is 1. The third kappa shape index (κ3) is 4.68. The van der Waals surface area contributed by atoms with Crippen LogP contribution < -0.4 is 5.32 Å². The summed E-state index contributed by atoms with van der Waals surface area (Å²) in [5.41, 5.74) is 3.95. The molecule has 0 aromatic carbocycles. The summed E-state index contributed by atoms with van der Waals surface area (Å²) in [6, 6.07) is 0. The minimum atomic E-state index is 0.119. The maximum Gasteiger partial charge on any atom is 0.220 e. The standard InChI is InChI=1S/C14H19N3OS2/c1-10-8-19-14(17-10)4-3-7-15-13(18)6-5-12-11(2)16-9-20-12/h8-9H,3-7H2,1-2H3,(H,15,18). The summed E-state index contributed by atoms with van der Waals surface area (Å²) in [6.45, 7) is 4.71. The van der Waals surface area contributed by atoms with E-state index in [1.807, 2.05) is 19.4 Å². The molecule has 6 heteroatoms. The molecule has 1 amide bonds. The molecule has 0 aliphatic heterocycles. The lowest BCUT2D eigenvalue weighted by Gasteiger charge is -2.04. The summed E-state index contributed by atoms with van der Waals surface area (Å²) in [4.78, 5) is 21.5. The zero-order valence-corrected chi connectivity index (χ0v) is 13.4. The van der Waals surface area contributed by atoms with Crippen molar-refractivity contribution in [3.8, 4) is 0 Å². The second-order valence-corrected chi connectivity index (χ2v) is 6.58. The number of carbonyl (C=O) groups is 1. The van der Waals surface area contributed by atoms with Gasteiger partial charge in [0.2, 0.25) is 5.91 Å². The summed E-state index contributed by atoms with van der Waals surface area (Å²) in [7, 11) is 0. The maximum absolute atomic E-state index is 11.7. The quantitative estimate of drug-likeness (QED) is 0.800. The van der Waals surface area contributed by atoms with E-state index in [2.05, 4.69) is 20.7 Å². The van der Waals surface area contributed by atoms with E-state index in [0.29, 0.717) is 6.42 Å². The Kier molecular flexibility index (Phi) is 5.67. The minimum Gasteiger partial charge on any atom is -0.356 e. The number of hydrogen-bond donors (Lipinski definition) is 1. The Labute approximate surface area is 127 Å². The van der Waals surface area contributed by atoms with E-state index in [4.69, 9.17) is 0 Å². The molecule has 0 saturated heterocycles. The van der Waals surface area contributed by atoms with E-state index in [0.717, 1.165) is 42.2 Å². The highest BCUT2D eigenvalue weighted by Crippen LogP contribution is 2.14. The molecule has 0 atom stereocenters. The molecule has 0 saturated carbocycles. The number of carbonyl (C=O) groups excluding carboxylic acids is 1. The Morgan fingerprint density at radius 1 is 1.30 bits per heavy atom. The van der Waals surface area contributed by atoms with Crippen LogP contribution in [0.3, 0.4) is 0 Å². The van der Waals surface area contributed by atoms with Gasteiger partial charge in [-0.25, -0.2) is 9.97 Å². The van der Waals surface area contributed by atoms with E-state index in [1.54, 1.807) is 22.7 Å². The molecule has 1 N–H and O–H groups in total. The van der Waals surface area contributed by atoms with Gasteiger partial charge in [0.1, 0.15) is 0 Å². The molecule has 0 fully saturated rings. The Bertz CT molecular complexity index is 562. The SMILES string of the molecule is Cc1csc(CCCNC(=O)CCc2scnc2C)n1. The van der Waals surface area contributed by atoms with Gasteiger partial charge in [-0.05, 0) is 26.7 Å². The average molecular weight is 309 g/mol. The molecule has 108 valence electrons. The Morgan fingerprint density at radius 3 is 2.80 bits per heavy atom. The minimum absolute atomic E-state index is 0.119. The number of rotatable bonds is 7. The number of aryl methyl sites for hydroxylation is 4. The van der Waals surface area contributed by atoms with Crippen molar-refractivity contribution in [3.63, 3.8) is 0 Å². The summed E-state index contributed by atoms with van der Waals surface area (Å²) in [5.74, 6) is 0.119. The summed E-state index contributed by atoms with van der Waals surface area (Å²) in [5, 5.41) is 6.17. The molecule has 0 unspecified atom stereocenters. The number of aromatic nitrogens is 2. The summed E-state index contributed by atoms with van der Waals surface area (Å²) >= 11 is 3.31. The number of nitrogens with one attached hydrogen (secondary N) is 1. The zero-order valence-electron chi connectivity index (χ0n) is 11.8. The van der Waals surface area contributed by atoms with Gasteiger partial charge in [0.25, 0.3) is 0 Å². The van der Waals surface area contributed by atoms with Crippen molar-refractivity contribution < 1.29 is 4.79 Å². The van der Waals surface area contributed by atoms with Gasteiger partial charge in [-0.1, -0.05) is 0 Å². The van der Waals surface area contributed by atoms with Crippen LogP contribution in [-0.4, -0.2) is 22.4 Å². The number of thiazole rings is 2. The summed E-state index contributed by atoms with van der Waals surface area (Å²) < 4.78 is 0. The second kappa shape index (κ2) is 7.50. The molecule has 2 aromatic rings. The first-order valence-corrected chi connectivity index (χ1v) is 8.47. The lowest BCUT2D eigenvalue weighted by atomic mass is 10.2. The maximum atomic E-state index is 11.7. The van der Waals surface area contributed by atoms with Crippen LogP contribution in [0.5, 0.6) is 0 Å². The number of nitrogens with zero attached hydrogens (tertiary/aromatic N) is 2. The number of hydrogen-bond acceptors (Lipinski definition) is 5. The van der Waals surface area contributed by atoms with Gasteiger partial charge in [-0.2, -0.15) is 0 Å². The van der Waals surface area contributed by atoms with Gasteiger partial charge in [-0.15, -0.1) is 22.7 Å². The van der Waals surface area contributed by atoms with Crippen molar-refractivity contribution in [2.45, 2.75) is 39.5 Å². The second-order valence-electron chi connectivity index (χ2n) is 4.70. The van der Waals surface area contributed by atoms with Crippen LogP contribution in [0, 0.1) is 13.8 Å². The van der Waals surface area contributed by atoms with Crippen molar-refractivity contribution in [2.24, 2.45) is 0 Å². The van der Waals surface area contributed by atoms with Gasteiger partial charge in [0, 0.05) is 35.3 Å². The molecule has 0 spiro atoms. The smallest absolute Gasteiger partial charge is 0.220 e. The first-order chi connectivity index (χ1) is 9.65. The van der Waals surface area contributed by atoms with E-state index in [1.165, 1.54) is 4.88 Å². The fourth-order valence-corrected chi connectivity index (χ4v) is 3.47. The molecular weight excluding hydrogens is 290 g/mol. The van der Waals surface area contributed by atoms with Crippen LogP contribution in [0.25, 0.3) is 0 Å². The topological polar surface area (TPSA) is 54.9 Å². The average Bonchev–Trinajstić information content (AvgIpc) is 3.01. The highest BCUT2D eigenvalue weighted by atomic mass is 32.1. The molecule has 0 bridgehead atoms. The zero-order chi connectivity index (χ0) is 14.4. The van der Waals surface area contributed by atoms with Gasteiger partial charge in [-0.3, -0.25) is 4.79 Å². The molecule has 4 nitrogen and oxygen atoms in total. The van der Waals surface area contributed by atoms with Gasteiger partial charge >= 0.3 is 0 Å². The molecule has 2 rings (SSSR count). The van der Waals surface area contributed by atoms with E-state index >= 15 is 0 Å². The molecular formula is C14H19N3OS2. The van der Waals surface area contributed by atoms with Crippen LogP contribution in [0.1, 0.15) is 34.1 Å². The highest BCUT2D eigenvalue weighted by molar-refractivity contribution is 7.09. The van der Waals surface area contributed by atoms with Gasteiger partial charge < -0.3 is 5.32 Å². The Morgan fingerprint density at radius 2 is 2.15 bits per heavy atom. The van der Waals surface area contributed by atoms with Crippen LogP contribution in [-0.2, 0) is 17.6 Å². The monoisotopic (exact) mass is 309 g/mol. The largest absolute Gasteiger partial charge is 0.356 e. The predicted molar refractivity (Wildman–Crippen MR) is 83.4 cm³/mol. The van der Waals surface area contributed by atoms with E-state index in [-0.39, 0.29) is 5.91 Å². The van der Waals surface area contributed by atoms with Crippen molar-refractivity contribution in [2.75, 3.05) is 6.54 Å². The Balaban J connectivity index is 1.59. The van der Waals surface area contributed by atoms with Crippen molar-refractivity contribution in [1.29, 1.82) is 0 Å². The molecule has 2 heterocycles. The lowest BCUT2D eigenvalue weighted by molar-refractivity contribution is -0.121. The third-order valence-corrected chi connectivity index (χ3v) is 5.00. The molecule has 20 heavy (non-hydrogen) atoms. The van der Waals surface area contributed by atoms with Crippen molar-refractivity contribution >= 4 is 28.6 Å². The molecule has 2 aromatic heterocycles. The van der Waals surface area contributed by atoms with E-state index in [9.17, 15) is 4.79 Å². The van der Waals surface area contributed by atoms with Gasteiger partial charge in [0.05, 0.1) is 16.2 Å².